The highest BCUT2D eigenvalue weighted by molar-refractivity contribution is 5.05. The van der Waals surface area contributed by atoms with Crippen LogP contribution in [0.5, 0.6) is 0 Å². The molecule has 0 spiro atoms. The number of rotatable bonds is 5. The summed E-state index contributed by atoms with van der Waals surface area (Å²) in [5, 5.41) is 3.11. The van der Waals surface area contributed by atoms with E-state index in [2.05, 4.69) is 5.32 Å². The van der Waals surface area contributed by atoms with E-state index in [1.165, 1.54) is 11.6 Å². The van der Waals surface area contributed by atoms with Gasteiger partial charge in [-0.15, -0.1) is 0 Å². The van der Waals surface area contributed by atoms with Gasteiger partial charge in [-0.1, -0.05) is 0 Å². The summed E-state index contributed by atoms with van der Waals surface area (Å²) in [6, 6.07) is 0. The fourth-order valence-corrected chi connectivity index (χ4v) is 1.50. The van der Waals surface area contributed by atoms with Gasteiger partial charge in [-0.25, -0.2) is 4.79 Å². The predicted molar refractivity (Wildman–Crippen MR) is 65.1 cm³/mol. The van der Waals surface area contributed by atoms with Crippen molar-refractivity contribution in [2.24, 2.45) is 14.1 Å². The normalized spacial score (nSPS) is 12.7. The number of nitrogens with one attached hydrogen (secondary N) is 1. The molecule has 0 saturated carbocycles. The Balaban J connectivity index is 2.80. The lowest BCUT2D eigenvalue weighted by Gasteiger charge is -2.11. The molecule has 1 rings (SSSR count). The van der Waals surface area contributed by atoms with Crippen LogP contribution in [0.1, 0.15) is 12.5 Å². The lowest BCUT2D eigenvalue weighted by molar-refractivity contribution is 0.117. The van der Waals surface area contributed by atoms with Crippen molar-refractivity contribution in [1.29, 1.82) is 0 Å². The average molecular weight is 241 g/mol. The first-order chi connectivity index (χ1) is 7.97. The molecule has 1 aromatic heterocycles. The number of hydrogen-bond acceptors (Lipinski definition) is 4. The van der Waals surface area contributed by atoms with E-state index in [1.807, 2.05) is 6.92 Å². The first-order valence-corrected chi connectivity index (χ1v) is 5.46. The smallest absolute Gasteiger partial charge is 0.330 e. The Kier molecular flexibility index (Phi) is 4.65. The molecule has 0 aliphatic rings. The highest BCUT2D eigenvalue weighted by atomic mass is 16.5. The van der Waals surface area contributed by atoms with Gasteiger partial charge in [-0.2, -0.15) is 0 Å². The third kappa shape index (κ3) is 3.28. The number of ether oxygens (including phenoxy) is 1. The summed E-state index contributed by atoms with van der Waals surface area (Å²) in [4.78, 5) is 23.2. The zero-order valence-corrected chi connectivity index (χ0v) is 10.7. The van der Waals surface area contributed by atoms with Crippen LogP contribution < -0.4 is 16.6 Å². The quantitative estimate of drug-likeness (QED) is 0.733. The first kappa shape index (κ1) is 13.7. The minimum Gasteiger partial charge on any atom is -0.380 e. The highest BCUT2D eigenvalue weighted by Gasteiger charge is 2.06. The maximum absolute atomic E-state index is 11.8. The van der Waals surface area contributed by atoms with Gasteiger partial charge in [0.1, 0.15) is 0 Å². The van der Waals surface area contributed by atoms with E-state index in [0.717, 1.165) is 4.57 Å². The first-order valence-electron chi connectivity index (χ1n) is 5.46. The average Bonchev–Trinajstić information content (AvgIpc) is 2.32. The Hall–Kier alpha value is -1.40. The van der Waals surface area contributed by atoms with Crippen molar-refractivity contribution in [2.75, 3.05) is 13.7 Å². The molecule has 17 heavy (non-hydrogen) atoms. The van der Waals surface area contributed by atoms with Gasteiger partial charge in [0.25, 0.3) is 5.56 Å². The van der Waals surface area contributed by atoms with E-state index in [4.69, 9.17) is 4.74 Å². The van der Waals surface area contributed by atoms with Crippen LogP contribution in [0, 0.1) is 0 Å². The summed E-state index contributed by atoms with van der Waals surface area (Å²) in [7, 11) is 4.74. The SMILES string of the molecule is COC(C)CNCc1cn(C)c(=O)n(C)c1=O. The van der Waals surface area contributed by atoms with E-state index >= 15 is 0 Å². The summed E-state index contributed by atoms with van der Waals surface area (Å²) in [5.41, 5.74) is -0.00687. The molecule has 1 N–H and O–H groups in total. The van der Waals surface area contributed by atoms with Gasteiger partial charge in [0.05, 0.1) is 6.10 Å². The van der Waals surface area contributed by atoms with Gasteiger partial charge in [0.15, 0.2) is 0 Å². The van der Waals surface area contributed by atoms with Crippen molar-refractivity contribution in [3.8, 4) is 0 Å². The summed E-state index contributed by atoms with van der Waals surface area (Å²) in [6.07, 6.45) is 1.65. The van der Waals surface area contributed by atoms with Crippen molar-refractivity contribution >= 4 is 0 Å². The predicted octanol–water partition coefficient (Wildman–Crippen LogP) is -0.791. The molecule has 1 unspecified atom stereocenters. The minimum atomic E-state index is -0.316. The number of hydrogen-bond donors (Lipinski definition) is 1. The standard InChI is InChI=1S/C11H19N3O3/c1-8(17-4)5-12-6-9-7-13(2)11(16)14(3)10(9)15/h7-8,12H,5-6H2,1-4H3. The molecule has 96 valence electrons. The zero-order chi connectivity index (χ0) is 13.0. The Labute approximate surface area is 99.8 Å². The van der Waals surface area contributed by atoms with Crippen molar-refractivity contribution in [3.63, 3.8) is 0 Å². The van der Waals surface area contributed by atoms with Crippen LogP contribution >= 0.6 is 0 Å². The third-order valence-corrected chi connectivity index (χ3v) is 2.67. The van der Waals surface area contributed by atoms with Gasteiger partial charge in [-0.3, -0.25) is 9.36 Å². The molecule has 0 aliphatic carbocycles. The Morgan fingerprint density at radius 2 is 2.06 bits per heavy atom. The molecular formula is C11H19N3O3. The van der Waals surface area contributed by atoms with Crippen molar-refractivity contribution in [3.05, 3.63) is 32.6 Å². The van der Waals surface area contributed by atoms with Crippen LogP contribution in [-0.2, 0) is 25.4 Å². The second-order valence-corrected chi connectivity index (χ2v) is 4.09. The Morgan fingerprint density at radius 1 is 1.41 bits per heavy atom. The van der Waals surface area contributed by atoms with Crippen LogP contribution in [0.15, 0.2) is 15.8 Å². The van der Waals surface area contributed by atoms with Crippen molar-refractivity contribution in [2.45, 2.75) is 19.6 Å². The molecule has 1 atom stereocenters. The Morgan fingerprint density at radius 3 is 2.65 bits per heavy atom. The van der Waals surface area contributed by atoms with Crippen LogP contribution in [0.3, 0.4) is 0 Å². The highest BCUT2D eigenvalue weighted by Crippen LogP contribution is 1.89. The molecule has 6 nitrogen and oxygen atoms in total. The zero-order valence-electron chi connectivity index (χ0n) is 10.7. The molecule has 0 aromatic carbocycles. The maximum atomic E-state index is 11.8. The van der Waals surface area contributed by atoms with Crippen molar-refractivity contribution < 1.29 is 4.74 Å². The summed E-state index contributed by atoms with van der Waals surface area (Å²) < 4.78 is 7.59. The fourth-order valence-electron chi connectivity index (χ4n) is 1.50. The lowest BCUT2D eigenvalue weighted by atomic mass is 10.3. The van der Waals surface area contributed by atoms with Gasteiger partial charge < -0.3 is 14.6 Å². The molecule has 6 heteroatoms. The van der Waals surface area contributed by atoms with Gasteiger partial charge >= 0.3 is 5.69 Å². The van der Waals surface area contributed by atoms with Gasteiger partial charge in [0.2, 0.25) is 0 Å². The monoisotopic (exact) mass is 241 g/mol. The Bertz CT molecular complexity index is 490. The maximum Gasteiger partial charge on any atom is 0.330 e. The number of aromatic nitrogens is 2. The van der Waals surface area contributed by atoms with E-state index < -0.39 is 0 Å². The molecule has 1 aromatic rings. The molecule has 0 bridgehead atoms. The minimum absolute atomic E-state index is 0.0892. The summed E-state index contributed by atoms with van der Waals surface area (Å²) in [5.74, 6) is 0. The van der Waals surface area contributed by atoms with E-state index in [1.54, 1.807) is 20.4 Å². The molecule has 0 aliphatic heterocycles. The largest absolute Gasteiger partial charge is 0.380 e. The fraction of sp³-hybridized carbons (Fsp3) is 0.636. The molecule has 0 saturated heterocycles. The number of aryl methyl sites for hydroxylation is 1. The number of methoxy groups -OCH3 is 1. The topological polar surface area (TPSA) is 65.3 Å². The molecule has 1 heterocycles. The van der Waals surface area contributed by atoms with Gasteiger partial charge in [-0.05, 0) is 6.92 Å². The molecule has 0 fully saturated rings. The van der Waals surface area contributed by atoms with E-state index in [9.17, 15) is 9.59 Å². The van der Waals surface area contributed by atoms with Crippen LogP contribution in [-0.4, -0.2) is 28.9 Å². The van der Waals surface area contributed by atoms with Gasteiger partial charge in [0, 0.05) is 46.1 Å². The second kappa shape index (κ2) is 5.79. The molecule has 0 amide bonds. The van der Waals surface area contributed by atoms with Crippen LogP contribution in [0.2, 0.25) is 0 Å². The summed E-state index contributed by atoms with van der Waals surface area (Å²) in [6.45, 7) is 3.02. The lowest BCUT2D eigenvalue weighted by Crippen LogP contribution is -2.40. The van der Waals surface area contributed by atoms with Crippen molar-refractivity contribution in [1.82, 2.24) is 14.5 Å². The van der Waals surface area contributed by atoms with E-state index in [-0.39, 0.29) is 17.4 Å². The molecular weight excluding hydrogens is 222 g/mol. The van der Waals surface area contributed by atoms with Crippen LogP contribution in [0.25, 0.3) is 0 Å². The van der Waals surface area contributed by atoms with Crippen LogP contribution in [0.4, 0.5) is 0 Å². The third-order valence-electron chi connectivity index (χ3n) is 2.67. The number of nitrogens with zero attached hydrogens (tertiary/aromatic N) is 2. The molecule has 0 radical (unpaired) electrons. The van der Waals surface area contributed by atoms with E-state index in [0.29, 0.717) is 18.7 Å². The second-order valence-electron chi connectivity index (χ2n) is 4.09. The summed E-state index contributed by atoms with van der Waals surface area (Å²) >= 11 is 0.